The minimum Gasteiger partial charge on any atom is -0.493 e. The van der Waals surface area contributed by atoms with Crippen LogP contribution in [-0.2, 0) is 24.2 Å². The first-order valence-electron chi connectivity index (χ1n) is 9.67. The predicted octanol–water partition coefficient (Wildman–Crippen LogP) is 3.55. The van der Waals surface area contributed by atoms with Crippen LogP contribution < -0.4 is 4.74 Å². The molecule has 0 radical (unpaired) electrons. The number of halogens is 1. The third-order valence-electron chi connectivity index (χ3n) is 5.45. The van der Waals surface area contributed by atoms with Crippen molar-refractivity contribution in [1.82, 2.24) is 9.80 Å². The number of aryl methyl sites for hydroxylation is 1. The minimum absolute atomic E-state index is 0.226. The highest BCUT2D eigenvalue weighted by Crippen LogP contribution is 2.26. The summed E-state index contributed by atoms with van der Waals surface area (Å²) in [6.07, 6.45) is 2.24. The molecule has 2 aliphatic rings. The van der Waals surface area contributed by atoms with E-state index < -0.39 is 0 Å². The zero-order valence-corrected chi connectivity index (χ0v) is 16.3. The Balaban J connectivity index is 1.25. The van der Waals surface area contributed by atoms with Crippen molar-refractivity contribution in [2.24, 2.45) is 0 Å². The zero-order valence-electron chi connectivity index (χ0n) is 15.5. The van der Waals surface area contributed by atoms with Crippen LogP contribution >= 0.6 is 11.6 Å². The van der Waals surface area contributed by atoms with Crippen LogP contribution in [0.25, 0.3) is 0 Å². The molecule has 5 heteroatoms. The lowest BCUT2D eigenvalue weighted by molar-refractivity contribution is -0.133. The summed E-state index contributed by atoms with van der Waals surface area (Å²) in [4.78, 5) is 16.9. The summed E-state index contributed by atoms with van der Waals surface area (Å²) in [5.74, 6) is 1.26. The molecule has 2 aromatic carbocycles. The SMILES string of the molecule is O=C(CCc1ccccc1Cl)N1CCN(Cc2ccc3c(c2)CCO3)CC1. The summed E-state index contributed by atoms with van der Waals surface area (Å²) in [5, 5.41) is 0.745. The van der Waals surface area contributed by atoms with Crippen molar-refractivity contribution in [3.63, 3.8) is 0 Å². The van der Waals surface area contributed by atoms with Crippen molar-refractivity contribution in [1.29, 1.82) is 0 Å². The molecule has 0 bridgehead atoms. The lowest BCUT2D eigenvalue weighted by atomic mass is 10.1. The predicted molar refractivity (Wildman–Crippen MR) is 107 cm³/mol. The molecule has 1 saturated heterocycles. The van der Waals surface area contributed by atoms with Crippen LogP contribution in [0.15, 0.2) is 42.5 Å². The fourth-order valence-corrected chi connectivity index (χ4v) is 4.08. The zero-order chi connectivity index (χ0) is 18.6. The van der Waals surface area contributed by atoms with Gasteiger partial charge in [0.2, 0.25) is 5.91 Å². The molecule has 1 fully saturated rings. The minimum atomic E-state index is 0.226. The highest BCUT2D eigenvalue weighted by molar-refractivity contribution is 6.31. The van der Waals surface area contributed by atoms with Crippen molar-refractivity contribution in [2.45, 2.75) is 25.8 Å². The molecule has 142 valence electrons. The van der Waals surface area contributed by atoms with E-state index in [0.717, 1.165) is 62.1 Å². The van der Waals surface area contributed by atoms with E-state index in [1.165, 1.54) is 11.1 Å². The van der Waals surface area contributed by atoms with Crippen LogP contribution in [0, 0.1) is 0 Å². The first-order valence-corrected chi connectivity index (χ1v) is 10.0. The Hall–Kier alpha value is -2.04. The largest absolute Gasteiger partial charge is 0.493 e. The fraction of sp³-hybridized carbons (Fsp3) is 0.409. The number of amides is 1. The highest BCUT2D eigenvalue weighted by Gasteiger charge is 2.21. The van der Waals surface area contributed by atoms with Crippen molar-refractivity contribution in [3.05, 3.63) is 64.2 Å². The van der Waals surface area contributed by atoms with Gasteiger partial charge in [-0.15, -0.1) is 0 Å². The van der Waals surface area contributed by atoms with Gasteiger partial charge in [0.1, 0.15) is 5.75 Å². The van der Waals surface area contributed by atoms with E-state index in [9.17, 15) is 4.79 Å². The average Bonchev–Trinajstić information content (AvgIpc) is 3.15. The molecule has 0 aliphatic carbocycles. The maximum absolute atomic E-state index is 12.5. The molecule has 0 atom stereocenters. The summed E-state index contributed by atoms with van der Waals surface area (Å²) >= 11 is 6.19. The van der Waals surface area contributed by atoms with Crippen LogP contribution in [0.5, 0.6) is 5.75 Å². The topological polar surface area (TPSA) is 32.8 Å². The molecule has 4 rings (SSSR count). The molecule has 0 unspecified atom stereocenters. The number of fused-ring (bicyclic) bond motifs is 1. The van der Waals surface area contributed by atoms with E-state index in [1.54, 1.807) is 0 Å². The quantitative estimate of drug-likeness (QED) is 0.790. The number of hydrogen-bond acceptors (Lipinski definition) is 3. The van der Waals surface area contributed by atoms with Gasteiger partial charge in [0.25, 0.3) is 0 Å². The monoisotopic (exact) mass is 384 g/mol. The van der Waals surface area contributed by atoms with Crippen molar-refractivity contribution in [2.75, 3.05) is 32.8 Å². The Kier molecular flexibility index (Phi) is 5.65. The lowest BCUT2D eigenvalue weighted by Gasteiger charge is -2.35. The summed E-state index contributed by atoms with van der Waals surface area (Å²) in [6.45, 7) is 5.18. The molecule has 27 heavy (non-hydrogen) atoms. The van der Waals surface area contributed by atoms with E-state index in [-0.39, 0.29) is 5.91 Å². The van der Waals surface area contributed by atoms with E-state index in [0.29, 0.717) is 12.8 Å². The summed E-state index contributed by atoms with van der Waals surface area (Å²) in [6, 6.07) is 14.3. The number of rotatable bonds is 5. The van der Waals surface area contributed by atoms with Crippen LogP contribution in [0.1, 0.15) is 23.1 Å². The second-order valence-corrected chi connectivity index (χ2v) is 7.70. The third kappa shape index (κ3) is 4.45. The maximum Gasteiger partial charge on any atom is 0.222 e. The Bertz CT molecular complexity index is 816. The van der Waals surface area contributed by atoms with Gasteiger partial charge in [-0.2, -0.15) is 0 Å². The molecule has 0 N–H and O–H groups in total. The van der Waals surface area contributed by atoms with Gasteiger partial charge >= 0.3 is 0 Å². The molecular formula is C22H25ClN2O2. The number of ether oxygens (including phenoxy) is 1. The first-order chi connectivity index (χ1) is 13.2. The molecule has 2 heterocycles. The molecule has 0 spiro atoms. The van der Waals surface area contributed by atoms with Gasteiger partial charge in [-0.25, -0.2) is 0 Å². The van der Waals surface area contributed by atoms with Gasteiger partial charge in [-0.05, 0) is 35.2 Å². The van der Waals surface area contributed by atoms with Crippen molar-refractivity contribution >= 4 is 17.5 Å². The number of carbonyl (C=O) groups is 1. The van der Waals surface area contributed by atoms with Crippen LogP contribution in [0.2, 0.25) is 5.02 Å². The van der Waals surface area contributed by atoms with Crippen molar-refractivity contribution in [3.8, 4) is 5.75 Å². The van der Waals surface area contributed by atoms with Gasteiger partial charge < -0.3 is 9.64 Å². The highest BCUT2D eigenvalue weighted by atomic mass is 35.5. The van der Waals surface area contributed by atoms with Gasteiger partial charge in [0.05, 0.1) is 6.61 Å². The Morgan fingerprint density at radius 2 is 1.89 bits per heavy atom. The van der Waals surface area contributed by atoms with Crippen LogP contribution in [0.3, 0.4) is 0 Å². The van der Waals surface area contributed by atoms with Crippen LogP contribution in [-0.4, -0.2) is 48.5 Å². The molecule has 0 aromatic heterocycles. The van der Waals surface area contributed by atoms with Crippen LogP contribution in [0.4, 0.5) is 0 Å². The van der Waals surface area contributed by atoms with E-state index in [2.05, 4.69) is 23.1 Å². The van der Waals surface area contributed by atoms with Gasteiger partial charge in [0.15, 0.2) is 0 Å². The second-order valence-electron chi connectivity index (χ2n) is 7.29. The second kappa shape index (κ2) is 8.32. The first kappa shape index (κ1) is 18.3. The number of piperazine rings is 1. The molecule has 1 amide bonds. The standard InChI is InChI=1S/C22H25ClN2O2/c23-20-4-2-1-3-18(20)6-8-22(26)25-12-10-24(11-13-25)16-17-5-7-21-19(15-17)9-14-27-21/h1-5,7,15H,6,8-14,16H2. The molecule has 0 saturated carbocycles. The molecule has 2 aliphatic heterocycles. The number of hydrogen-bond donors (Lipinski definition) is 0. The Morgan fingerprint density at radius 3 is 2.70 bits per heavy atom. The summed E-state index contributed by atoms with van der Waals surface area (Å²) in [5.41, 5.74) is 3.70. The number of carbonyl (C=O) groups excluding carboxylic acids is 1. The molecule has 2 aromatic rings. The van der Waals surface area contributed by atoms with E-state index in [4.69, 9.17) is 16.3 Å². The lowest BCUT2D eigenvalue weighted by Crippen LogP contribution is -2.48. The summed E-state index contributed by atoms with van der Waals surface area (Å²) < 4.78 is 5.58. The average molecular weight is 385 g/mol. The number of nitrogens with zero attached hydrogens (tertiary/aromatic N) is 2. The van der Waals surface area contributed by atoms with Gasteiger partial charge in [0, 0.05) is 50.6 Å². The Morgan fingerprint density at radius 1 is 1.07 bits per heavy atom. The van der Waals surface area contributed by atoms with Gasteiger partial charge in [-0.3, -0.25) is 9.69 Å². The smallest absolute Gasteiger partial charge is 0.222 e. The summed E-state index contributed by atoms with van der Waals surface area (Å²) in [7, 11) is 0. The number of benzene rings is 2. The van der Waals surface area contributed by atoms with E-state index in [1.807, 2.05) is 29.2 Å². The van der Waals surface area contributed by atoms with E-state index >= 15 is 0 Å². The fourth-order valence-electron chi connectivity index (χ4n) is 3.85. The van der Waals surface area contributed by atoms with Gasteiger partial charge in [-0.1, -0.05) is 41.9 Å². The van der Waals surface area contributed by atoms with Crippen molar-refractivity contribution < 1.29 is 9.53 Å². The normalized spacial score (nSPS) is 16.9. The Labute approximate surface area is 165 Å². The maximum atomic E-state index is 12.5. The molecular weight excluding hydrogens is 360 g/mol. The third-order valence-corrected chi connectivity index (χ3v) is 5.82. The molecule has 4 nitrogen and oxygen atoms in total.